The summed E-state index contributed by atoms with van der Waals surface area (Å²) >= 11 is 0. The van der Waals surface area contributed by atoms with E-state index in [-0.39, 0.29) is 16.6 Å². The third-order valence-corrected chi connectivity index (χ3v) is 4.09. The number of aryl methyl sites for hydroxylation is 1. The van der Waals surface area contributed by atoms with Crippen LogP contribution in [0.4, 0.5) is 5.69 Å². The predicted octanol–water partition coefficient (Wildman–Crippen LogP) is 1.61. The van der Waals surface area contributed by atoms with Crippen molar-refractivity contribution in [2.45, 2.75) is 4.90 Å². The number of halogens is 1. The van der Waals surface area contributed by atoms with Gasteiger partial charge in [-0.25, -0.2) is 13.4 Å². The summed E-state index contributed by atoms with van der Waals surface area (Å²) in [7, 11) is 4.37. The third-order valence-electron chi connectivity index (χ3n) is 2.73. The Balaban J connectivity index is 2.30. The van der Waals surface area contributed by atoms with E-state index >= 15 is 0 Å². The highest BCUT2D eigenvalue weighted by molar-refractivity contribution is 8.13. The Bertz CT molecular complexity index is 786. The van der Waals surface area contributed by atoms with Crippen molar-refractivity contribution in [3.63, 3.8) is 0 Å². The summed E-state index contributed by atoms with van der Waals surface area (Å²) in [5.41, 5.74) is 0.741. The summed E-state index contributed by atoms with van der Waals surface area (Å²) in [5.74, 6) is -0.327. The molecule has 0 unspecified atom stereocenters. The quantitative estimate of drug-likeness (QED) is 0.861. The molecule has 0 spiro atoms. The van der Waals surface area contributed by atoms with Gasteiger partial charge in [-0.05, 0) is 12.1 Å². The van der Waals surface area contributed by atoms with E-state index < -0.39 is 9.05 Å². The fourth-order valence-corrected chi connectivity index (χ4v) is 2.71. The van der Waals surface area contributed by atoms with Crippen LogP contribution in [0.1, 0.15) is 10.5 Å². The van der Waals surface area contributed by atoms with Crippen molar-refractivity contribution in [1.29, 1.82) is 0 Å². The van der Waals surface area contributed by atoms with Crippen LogP contribution in [-0.2, 0) is 16.1 Å². The van der Waals surface area contributed by atoms with Gasteiger partial charge in [0.05, 0.1) is 19.6 Å². The van der Waals surface area contributed by atoms with Gasteiger partial charge in [-0.15, -0.1) is 0 Å². The van der Waals surface area contributed by atoms with E-state index in [1.807, 2.05) is 0 Å². The molecular formula is C12H12ClN3O4S. The number of rotatable bonds is 4. The van der Waals surface area contributed by atoms with Gasteiger partial charge in [-0.2, -0.15) is 0 Å². The molecule has 0 fully saturated rings. The van der Waals surface area contributed by atoms with Gasteiger partial charge in [-0.1, -0.05) is 0 Å². The molecule has 0 aliphatic heterocycles. The maximum Gasteiger partial charge on any atom is 0.273 e. The van der Waals surface area contributed by atoms with Crippen molar-refractivity contribution in [2.24, 2.45) is 7.05 Å². The van der Waals surface area contributed by atoms with Crippen LogP contribution in [-0.4, -0.2) is 31.0 Å². The number of carbonyl (C=O) groups excluding carboxylic acids is 1. The van der Waals surface area contributed by atoms with Crippen LogP contribution in [0.2, 0.25) is 0 Å². The van der Waals surface area contributed by atoms with Crippen molar-refractivity contribution < 1.29 is 17.9 Å². The van der Waals surface area contributed by atoms with Crippen molar-refractivity contribution >= 4 is 31.3 Å². The van der Waals surface area contributed by atoms with Gasteiger partial charge in [0.25, 0.3) is 15.0 Å². The minimum atomic E-state index is -3.92. The number of imidazole rings is 1. The normalized spacial score (nSPS) is 11.2. The average Bonchev–Trinajstić information content (AvgIpc) is 2.83. The van der Waals surface area contributed by atoms with Crippen LogP contribution in [0.25, 0.3) is 0 Å². The topological polar surface area (TPSA) is 90.3 Å². The average molecular weight is 330 g/mol. The Labute approximate surface area is 125 Å². The van der Waals surface area contributed by atoms with Crippen molar-refractivity contribution in [3.05, 3.63) is 36.4 Å². The molecule has 1 heterocycles. The van der Waals surface area contributed by atoms with Crippen LogP contribution < -0.4 is 10.1 Å². The second-order valence-electron chi connectivity index (χ2n) is 4.15. The number of benzene rings is 1. The van der Waals surface area contributed by atoms with Gasteiger partial charge >= 0.3 is 0 Å². The highest BCUT2D eigenvalue weighted by Gasteiger charge is 2.18. The number of aromatic nitrogens is 2. The van der Waals surface area contributed by atoms with E-state index in [1.165, 1.54) is 37.8 Å². The molecule has 7 nitrogen and oxygen atoms in total. The summed E-state index contributed by atoms with van der Waals surface area (Å²) < 4.78 is 29.3. The fraction of sp³-hybridized carbons (Fsp3) is 0.167. The Morgan fingerprint density at radius 3 is 2.67 bits per heavy atom. The lowest BCUT2D eigenvalue weighted by Gasteiger charge is -2.10. The lowest BCUT2D eigenvalue weighted by molar-refractivity contribution is 0.101. The molecule has 0 saturated carbocycles. The number of nitrogens with one attached hydrogen (secondary N) is 1. The lowest BCUT2D eigenvalue weighted by atomic mass is 10.3. The molecule has 0 aliphatic carbocycles. The number of carbonyl (C=O) groups is 1. The molecule has 9 heteroatoms. The number of hydrogen-bond acceptors (Lipinski definition) is 5. The molecule has 1 N–H and O–H groups in total. The molecule has 1 aromatic heterocycles. The third kappa shape index (κ3) is 3.34. The second-order valence-corrected chi connectivity index (χ2v) is 6.68. The van der Waals surface area contributed by atoms with E-state index in [0.717, 1.165) is 0 Å². The fourth-order valence-electron chi connectivity index (χ4n) is 1.72. The number of methoxy groups -OCH3 is 1. The molecule has 1 aromatic carbocycles. The van der Waals surface area contributed by atoms with Crippen molar-refractivity contribution in [1.82, 2.24) is 9.55 Å². The Kier molecular flexibility index (Phi) is 4.19. The molecule has 0 aliphatic rings. The summed E-state index contributed by atoms with van der Waals surface area (Å²) in [6.45, 7) is 0. The van der Waals surface area contributed by atoms with Gasteiger partial charge in [0.2, 0.25) is 0 Å². The zero-order valence-corrected chi connectivity index (χ0v) is 12.8. The first-order chi connectivity index (χ1) is 9.82. The van der Waals surface area contributed by atoms with E-state index in [0.29, 0.717) is 11.4 Å². The molecular weight excluding hydrogens is 318 g/mol. The first-order valence-electron chi connectivity index (χ1n) is 5.73. The summed E-state index contributed by atoms with van der Waals surface area (Å²) in [5, 5.41) is 2.62. The van der Waals surface area contributed by atoms with Crippen molar-refractivity contribution in [2.75, 3.05) is 12.4 Å². The predicted molar refractivity (Wildman–Crippen MR) is 77.2 cm³/mol. The van der Waals surface area contributed by atoms with Crippen molar-refractivity contribution in [3.8, 4) is 5.75 Å². The van der Waals surface area contributed by atoms with Crippen LogP contribution >= 0.6 is 10.7 Å². The van der Waals surface area contributed by atoms with Crippen LogP contribution in [0, 0.1) is 0 Å². The van der Waals surface area contributed by atoms with Gasteiger partial charge in [-0.3, -0.25) is 4.79 Å². The number of nitrogens with zero attached hydrogens (tertiary/aromatic N) is 2. The molecule has 0 atom stereocenters. The molecule has 1 amide bonds. The van der Waals surface area contributed by atoms with Gasteiger partial charge in [0.15, 0.2) is 0 Å². The molecule has 2 rings (SSSR count). The van der Waals surface area contributed by atoms with Gasteiger partial charge < -0.3 is 14.6 Å². The SMILES string of the molecule is COc1cc(NC(=O)c2cncn2C)ccc1S(=O)(=O)Cl. The summed E-state index contributed by atoms with van der Waals surface area (Å²) in [6, 6.07) is 4.07. The van der Waals surface area contributed by atoms with Gasteiger partial charge in [0, 0.05) is 29.5 Å². The highest BCUT2D eigenvalue weighted by Crippen LogP contribution is 2.29. The standard InChI is InChI=1S/C12H12ClN3O4S/c1-16-7-14-6-9(16)12(17)15-8-3-4-11(21(13,18)19)10(5-8)20-2/h3-7H,1-2H3,(H,15,17). The van der Waals surface area contributed by atoms with Crippen LogP contribution in [0.5, 0.6) is 5.75 Å². The first kappa shape index (κ1) is 15.3. The summed E-state index contributed by atoms with van der Waals surface area (Å²) in [4.78, 5) is 15.7. The van der Waals surface area contributed by atoms with E-state index in [9.17, 15) is 13.2 Å². The highest BCUT2D eigenvalue weighted by atomic mass is 35.7. The van der Waals surface area contributed by atoms with Crippen LogP contribution in [0.3, 0.4) is 0 Å². The number of hydrogen-bond donors (Lipinski definition) is 1. The molecule has 0 saturated heterocycles. The second kappa shape index (κ2) is 5.74. The summed E-state index contributed by atoms with van der Waals surface area (Å²) in [6.07, 6.45) is 2.92. The van der Waals surface area contributed by atoms with Crippen LogP contribution in [0.15, 0.2) is 35.6 Å². The lowest BCUT2D eigenvalue weighted by Crippen LogP contribution is -2.15. The molecule has 112 valence electrons. The van der Waals surface area contributed by atoms with E-state index in [1.54, 1.807) is 11.6 Å². The zero-order valence-electron chi connectivity index (χ0n) is 11.2. The largest absolute Gasteiger partial charge is 0.495 e. The smallest absolute Gasteiger partial charge is 0.273 e. The molecule has 21 heavy (non-hydrogen) atoms. The maximum atomic E-state index is 12.0. The number of ether oxygens (including phenoxy) is 1. The Hall–Kier alpha value is -2.06. The van der Waals surface area contributed by atoms with E-state index in [2.05, 4.69) is 10.3 Å². The molecule has 2 aromatic rings. The minimum Gasteiger partial charge on any atom is -0.495 e. The van der Waals surface area contributed by atoms with E-state index in [4.69, 9.17) is 15.4 Å². The number of anilines is 1. The maximum absolute atomic E-state index is 12.0. The zero-order chi connectivity index (χ0) is 15.6. The Morgan fingerprint density at radius 1 is 1.43 bits per heavy atom. The first-order valence-corrected chi connectivity index (χ1v) is 8.04. The minimum absolute atomic E-state index is 0.0489. The number of amides is 1. The Morgan fingerprint density at radius 2 is 2.14 bits per heavy atom. The molecule has 0 radical (unpaired) electrons. The monoisotopic (exact) mass is 329 g/mol. The van der Waals surface area contributed by atoms with Gasteiger partial charge in [0.1, 0.15) is 16.3 Å². The molecule has 0 bridgehead atoms.